The summed E-state index contributed by atoms with van der Waals surface area (Å²) < 4.78 is 1.54. The van der Waals surface area contributed by atoms with Crippen molar-refractivity contribution >= 4 is 21.6 Å². The predicted molar refractivity (Wildman–Crippen MR) is 79.5 cm³/mol. The van der Waals surface area contributed by atoms with Gasteiger partial charge in [0.1, 0.15) is 22.9 Å². The maximum Gasteiger partial charge on any atom is 0.259 e. The first-order valence-corrected chi connectivity index (χ1v) is 7.34. The number of aromatic amines is 1. The van der Waals surface area contributed by atoms with E-state index in [1.165, 1.54) is 11.3 Å². The van der Waals surface area contributed by atoms with Crippen molar-refractivity contribution in [2.45, 2.75) is 33.4 Å². The molecule has 3 rings (SSSR count). The second kappa shape index (κ2) is 5.05. The number of hydrogen-bond donors (Lipinski definition) is 2. The van der Waals surface area contributed by atoms with Gasteiger partial charge < -0.3 is 10.1 Å². The first-order chi connectivity index (χ1) is 9.95. The summed E-state index contributed by atoms with van der Waals surface area (Å²) in [5, 5.41) is 17.9. The molecule has 2 N–H and O–H groups in total. The highest BCUT2D eigenvalue weighted by atomic mass is 32.1. The smallest absolute Gasteiger partial charge is 0.259 e. The van der Waals surface area contributed by atoms with Crippen LogP contribution in [0.15, 0.2) is 11.0 Å². The molecule has 0 amide bonds. The van der Waals surface area contributed by atoms with E-state index in [2.05, 4.69) is 20.3 Å². The van der Waals surface area contributed by atoms with Gasteiger partial charge in [-0.3, -0.25) is 4.79 Å². The van der Waals surface area contributed by atoms with Crippen LogP contribution in [0.4, 0.5) is 0 Å². The number of aliphatic hydroxyl groups excluding tert-OH is 1. The molecule has 1 atom stereocenters. The fraction of sp³-hybridized carbons (Fsp3) is 0.385. The quantitative estimate of drug-likeness (QED) is 0.760. The standard InChI is InChI=1S/C13H15N5O2S/c1-6-8(3)21-13-11(6)12(20)14-10(15-13)5-18-4-9(7(2)19)16-17-18/h4,7,19H,5H2,1-3H3,(H,14,15,20). The van der Waals surface area contributed by atoms with Crippen molar-refractivity contribution in [2.24, 2.45) is 0 Å². The van der Waals surface area contributed by atoms with E-state index in [0.29, 0.717) is 23.4 Å². The Morgan fingerprint density at radius 2 is 2.24 bits per heavy atom. The van der Waals surface area contributed by atoms with Gasteiger partial charge in [0.25, 0.3) is 5.56 Å². The summed E-state index contributed by atoms with van der Waals surface area (Å²) in [6.07, 6.45) is 0.968. The van der Waals surface area contributed by atoms with Crippen molar-refractivity contribution in [3.8, 4) is 0 Å². The molecular formula is C13H15N5O2S. The molecule has 3 aromatic rings. The molecule has 3 aromatic heterocycles. The number of nitrogens with one attached hydrogen (secondary N) is 1. The SMILES string of the molecule is Cc1sc2nc(Cn3cc(C(C)O)nn3)[nH]c(=O)c2c1C. The second-order valence-electron chi connectivity index (χ2n) is 4.99. The van der Waals surface area contributed by atoms with Crippen molar-refractivity contribution in [3.05, 3.63) is 38.5 Å². The van der Waals surface area contributed by atoms with Crippen molar-refractivity contribution in [3.63, 3.8) is 0 Å². The number of hydrogen-bond acceptors (Lipinski definition) is 6. The zero-order chi connectivity index (χ0) is 15.1. The third-order valence-corrected chi connectivity index (χ3v) is 4.49. The zero-order valence-electron chi connectivity index (χ0n) is 11.9. The van der Waals surface area contributed by atoms with Gasteiger partial charge in [0.15, 0.2) is 0 Å². The van der Waals surface area contributed by atoms with Gasteiger partial charge >= 0.3 is 0 Å². The number of fused-ring (bicyclic) bond motifs is 1. The summed E-state index contributed by atoms with van der Waals surface area (Å²) >= 11 is 1.51. The van der Waals surface area contributed by atoms with Crippen molar-refractivity contribution < 1.29 is 5.11 Å². The number of aryl methyl sites for hydroxylation is 2. The molecule has 3 heterocycles. The molecule has 21 heavy (non-hydrogen) atoms. The van der Waals surface area contributed by atoms with E-state index in [1.54, 1.807) is 17.8 Å². The number of nitrogens with zero attached hydrogens (tertiary/aromatic N) is 4. The average Bonchev–Trinajstić information content (AvgIpc) is 2.96. The minimum atomic E-state index is -0.671. The molecule has 110 valence electrons. The van der Waals surface area contributed by atoms with Crippen molar-refractivity contribution in [1.82, 2.24) is 25.0 Å². The molecule has 0 saturated heterocycles. The molecule has 0 radical (unpaired) electrons. The van der Waals surface area contributed by atoms with Crippen LogP contribution >= 0.6 is 11.3 Å². The van der Waals surface area contributed by atoms with E-state index < -0.39 is 6.10 Å². The van der Waals surface area contributed by atoms with Crippen LogP contribution in [0.3, 0.4) is 0 Å². The lowest BCUT2D eigenvalue weighted by molar-refractivity contribution is 0.194. The number of aliphatic hydroxyl groups is 1. The normalized spacial score (nSPS) is 13.0. The Morgan fingerprint density at radius 1 is 1.48 bits per heavy atom. The largest absolute Gasteiger partial charge is 0.387 e. The van der Waals surface area contributed by atoms with E-state index in [9.17, 15) is 9.90 Å². The Bertz CT molecular complexity index is 861. The van der Waals surface area contributed by atoms with Gasteiger partial charge in [-0.2, -0.15) is 0 Å². The fourth-order valence-corrected chi connectivity index (χ4v) is 3.16. The summed E-state index contributed by atoms with van der Waals surface area (Å²) in [5.74, 6) is 0.524. The Balaban J connectivity index is 1.99. The van der Waals surface area contributed by atoms with Crippen LogP contribution in [-0.4, -0.2) is 30.1 Å². The second-order valence-corrected chi connectivity index (χ2v) is 6.20. The van der Waals surface area contributed by atoms with Crippen molar-refractivity contribution in [1.29, 1.82) is 0 Å². The summed E-state index contributed by atoms with van der Waals surface area (Å²) in [4.78, 5) is 21.3. The lowest BCUT2D eigenvalue weighted by Crippen LogP contribution is -2.14. The molecule has 0 aliphatic heterocycles. The molecule has 7 nitrogen and oxygen atoms in total. The van der Waals surface area contributed by atoms with Gasteiger partial charge in [0.2, 0.25) is 0 Å². The summed E-state index contributed by atoms with van der Waals surface area (Å²) in [7, 11) is 0. The minimum Gasteiger partial charge on any atom is -0.387 e. The van der Waals surface area contributed by atoms with Crippen LogP contribution in [0.1, 0.15) is 35.0 Å². The Morgan fingerprint density at radius 3 is 2.90 bits per heavy atom. The van der Waals surface area contributed by atoms with E-state index >= 15 is 0 Å². The molecule has 0 aliphatic rings. The number of thiophene rings is 1. The topological polar surface area (TPSA) is 96.7 Å². The van der Waals surface area contributed by atoms with Gasteiger partial charge in [-0.25, -0.2) is 9.67 Å². The molecule has 0 aromatic carbocycles. The number of H-pyrrole nitrogens is 1. The average molecular weight is 305 g/mol. The first-order valence-electron chi connectivity index (χ1n) is 6.52. The van der Waals surface area contributed by atoms with Gasteiger partial charge in [-0.1, -0.05) is 5.21 Å². The summed E-state index contributed by atoms with van der Waals surface area (Å²) in [6, 6.07) is 0. The molecule has 1 unspecified atom stereocenters. The van der Waals surface area contributed by atoms with E-state index in [-0.39, 0.29) is 5.56 Å². The molecule has 0 fully saturated rings. The predicted octanol–water partition coefficient (Wildman–Crippen LogP) is 1.29. The third kappa shape index (κ3) is 2.47. The minimum absolute atomic E-state index is 0.132. The van der Waals surface area contributed by atoms with Crippen LogP contribution in [0.5, 0.6) is 0 Å². The van der Waals surface area contributed by atoms with Gasteiger partial charge in [0, 0.05) is 4.88 Å². The van der Waals surface area contributed by atoms with Crippen LogP contribution in [0, 0.1) is 13.8 Å². The van der Waals surface area contributed by atoms with Gasteiger partial charge in [-0.05, 0) is 26.3 Å². The highest BCUT2D eigenvalue weighted by Crippen LogP contribution is 2.25. The van der Waals surface area contributed by atoms with Crippen LogP contribution in [0.2, 0.25) is 0 Å². The number of rotatable bonds is 3. The van der Waals surface area contributed by atoms with E-state index in [1.807, 2.05) is 13.8 Å². The fourth-order valence-electron chi connectivity index (χ4n) is 2.11. The molecular weight excluding hydrogens is 290 g/mol. The highest BCUT2D eigenvalue weighted by molar-refractivity contribution is 7.18. The lowest BCUT2D eigenvalue weighted by atomic mass is 10.2. The molecule has 0 bridgehead atoms. The Hall–Kier alpha value is -2.06. The maximum atomic E-state index is 12.2. The third-order valence-electron chi connectivity index (χ3n) is 3.38. The Labute approximate surface area is 124 Å². The monoisotopic (exact) mass is 305 g/mol. The van der Waals surface area contributed by atoms with E-state index in [4.69, 9.17) is 0 Å². The highest BCUT2D eigenvalue weighted by Gasteiger charge is 2.13. The van der Waals surface area contributed by atoms with Crippen LogP contribution < -0.4 is 5.56 Å². The first kappa shape index (κ1) is 13.9. The van der Waals surface area contributed by atoms with Crippen LogP contribution in [-0.2, 0) is 6.54 Å². The maximum absolute atomic E-state index is 12.2. The van der Waals surface area contributed by atoms with Crippen LogP contribution in [0.25, 0.3) is 10.2 Å². The lowest BCUT2D eigenvalue weighted by Gasteiger charge is -2.01. The Kier molecular flexibility index (Phi) is 3.34. The molecule has 0 spiro atoms. The zero-order valence-corrected chi connectivity index (χ0v) is 12.7. The van der Waals surface area contributed by atoms with Gasteiger partial charge in [-0.15, -0.1) is 16.4 Å². The molecule has 8 heteroatoms. The van der Waals surface area contributed by atoms with Gasteiger partial charge in [0.05, 0.1) is 17.7 Å². The van der Waals surface area contributed by atoms with E-state index in [0.717, 1.165) is 15.3 Å². The molecule has 0 aliphatic carbocycles. The van der Waals surface area contributed by atoms with Crippen molar-refractivity contribution in [2.75, 3.05) is 0 Å². The summed E-state index contributed by atoms with van der Waals surface area (Å²) in [6.45, 7) is 5.84. The number of aromatic nitrogens is 5. The summed E-state index contributed by atoms with van der Waals surface area (Å²) in [5.41, 5.74) is 1.33. The molecule has 0 saturated carbocycles.